The number of rotatable bonds is 1. The molecular weight excluding hydrogens is 198 g/mol. The molecule has 0 aliphatic heterocycles. The molecule has 0 saturated heterocycles. The van der Waals surface area contributed by atoms with Crippen molar-refractivity contribution in [2.75, 3.05) is 0 Å². The number of fused-ring (bicyclic) bond motifs is 3. The molecule has 0 fully saturated rings. The minimum absolute atomic E-state index is 0.588. The zero-order valence-corrected chi connectivity index (χ0v) is 9.61. The van der Waals surface area contributed by atoms with E-state index in [0.717, 1.165) is 30.0 Å². The first-order chi connectivity index (χ1) is 7.78. The van der Waals surface area contributed by atoms with Gasteiger partial charge in [0.1, 0.15) is 5.65 Å². The van der Waals surface area contributed by atoms with Gasteiger partial charge in [-0.1, -0.05) is 6.92 Å². The Balaban J connectivity index is 2.17. The number of pyridine rings is 1. The summed E-state index contributed by atoms with van der Waals surface area (Å²) in [4.78, 5) is 4.70. The van der Waals surface area contributed by atoms with Crippen molar-refractivity contribution in [3.63, 3.8) is 0 Å². The lowest BCUT2D eigenvalue weighted by atomic mass is 9.91. The number of imidazole rings is 1. The molecule has 0 saturated carbocycles. The summed E-state index contributed by atoms with van der Waals surface area (Å²) in [5.41, 5.74) is 10.5. The van der Waals surface area contributed by atoms with E-state index >= 15 is 0 Å². The number of nitrogens with two attached hydrogens (primary N) is 1. The summed E-state index contributed by atoms with van der Waals surface area (Å²) in [6.45, 7) is 2.90. The first kappa shape index (κ1) is 9.85. The SMILES string of the molecule is CC1CCc2nc3cc(CN)ccn3c2C1. The molecule has 0 bridgehead atoms. The van der Waals surface area contributed by atoms with Crippen molar-refractivity contribution >= 4 is 5.65 Å². The van der Waals surface area contributed by atoms with Gasteiger partial charge in [0, 0.05) is 18.4 Å². The predicted octanol–water partition coefficient (Wildman–Crippen LogP) is 1.92. The number of aryl methyl sites for hydroxylation is 1. The van der Waals surface area contributed by atoms with Crippen LogP contribution in [0.1, 0.15) is 30.3 Å². The average Bonchev–Trinajstić information content (AvgIpc) is 2.66. The van der Waals surface area contributed by atoms with E-state index in [2.05, 4.69) is 29.7 Å². The third-order valence-electron chi connectivity index (χ3n) is 3.52. The van der Waals surface area contributed by atoms with E-state index in [4.69, 9.17) is 10.7 Å². The van der Waals surface area contributed by atoms with Gasteiger partial charge >= 0.3 is 0 Å². The fraction of sp³-hybridized carbons (Fsp3) is 0.462. The van der Waals surface area contributed by atoms with E-state index in [1.807, 2.05) is 0 Å². The molecule has 2 heterocycles. The lowest BCUT2D eigenvalue weighted by molar-refractivity contribution is 0.488. The van der Waals surface area contributed by atoms with E-state index in [1.54, 1.807) is 0 Å². The van der Waals surface area contributed by atoms with Gasteiger partial charge in [0.2, 0.25) is 0 Å². The summed E-state index contributed by atoms with van der Waals surface area (Å²) in [5.74, 6) is 0.779. The van der Waals surface area contributed by atoms with E-state index in [9.17, 15) is 0 Å². The Kier molecular flexibility index (Phi) is 2.21. The number of hydrogen-bond donors (Lipinski definition) is 1. The van der Waals surface area contributed by atoms with Crippen LogP contribution in [0.3, 0.4) is 0 Å². The van der Waals surface area contributed by atoms with Crippen LogP contribution >= 0.6 is 0 Å². The lowest BCUT2D eigenvalue weighted by Gasteiger charge is -2.17. The van der Waals surface area contributed by atoms with Gasteiger partial charge < -0.3 is 10.1 Å². The summed E-state index contributed by atoms with van der Waals surface area (Å²) in [6.07, 6.45) is 5.65. The molecule has 3 heteroatoms. The molecule has 0 radical (unpaired) electrons. The minimum Gasteiger partial charge on any atom is -0.326 e. The first-order valence-electron chi connectivity index (χ1n) is 5.96. The largest absolute Gasteiger partial charge is 0.326 e. The van der Waals surface area contributed by atoms with Crippen molar-refractivity contribution in [2.24, 2.45) is 11.7 Å². The molecule has 1 unspecified atom stereocenters. The molecule has 0 amide bonds. The second-order valence-corrected chi connectivity index (χ2v) is 4.82. The molecular formula is C13H17N3. The number of hydrogen-bond acceptors (Lipinski definition) is 2. The van der Waals surface area contributed by atoms with Gasteiger partial charge in [-0.3, -0.25) is 0 Å². The summed E-state index contributed by atoms with van der Waals surface area (Å²) in [6, 6.07) is 4.19. The van der Waals surface area contributed by atoms with Crippen molar-refractivity contribution in [3.8, 4) is 0 Å². The highest BCUT2D eigenvalue weighted by Gasteiger charge is 2.20. The molecule has 3 rings (SSSR count). The summed E-state index contributed by atoms with van der Waals surface area (Å²) in [5, 5.41) is 0. The zero-order chi connectivity index (χ0) is 11.1. The van der Waals surface area contributed by atoms with Crippen LogP contribution in [-0.2, 0) is 19.4 Å². The highest BCUT2D eigenvalue weighted by molar-refractivity contribution is 5.46. The minimum atomic E-state index is 0.588. The van der Waals surface area contributed by atoms with E-state index in [1.165, 1.54) is 17.8 Å². The highest BCUT2D eigenvalue weighted by atomic mass is 15.0. The van der Waals surface area contributed by atoms with Gasteiger partial charge in [-0.05, 0) is 42.9 Å². The van der Waals surface area contributed by atoms with Crippen LogP contribution in [0.2, 0.25) is 0 Å². The van der Waals surface area contributed by atoms with E-state index in [0.29, 0.717) is 6.54 Å². The molecule has 1 atom stereocenters. The van der Waals surface area contributed by atoms with Crippen LogP contribution in [0, 0.1) is 5.92 Å². The Labute approximate surface area is 95.3 Å². The van der Waals surface area contributed by atoms with Gasteiger partial charge in [-0.15, -0.1) is 0 Å². The maximum atomic E-state index is 5.65. The molecule has 3 nitrogen and oxygen atoms in total. The quantitative estimate of drug-likeness (QED) is 0.789. The van der Waals surface area contributed by atoms with Crippen molar-refractivity contribution in [2.45, 2.75) is 32.7 Å². The molecule has 84 valence electrons. The van der Waals surface area contributed by atoms with E-state index in [-0.39, 0.29) is 0 Å². The van der Waals surface area contributed by atoms with Crippen molar-refractivity contribution < 1.29 is 0 Å². The molecule has 16 heavy (non-hydrogen) atoms. The Hall–Kier alpha value is -1.35. The van der Waals surface area contributed by atoms with Crippen LogP contribution in [0.25, 0.3) is 5.65 Å². The third kappa shape index (κ3) is 1.43. The molecule has 1 aliphatic carbocycles. The molecule has 2 aromatic heterocycles. The van der Waals surface area contributed by atoms with Crippen molar-refractivity contribution in [3.05, 3.63) is 35.3 Å². The number of nitrogens with zero attached hydrogens (tertiary/aromatic N) is 2. The smallest absolute Gasteiger partial charge is 0.137 e. The van der Waals surface area contributed by atoms with E-state index < -0.39 is 0 Å². The summed E-state index contributed by atoms with van der Waals surface area (Å²) in [7, 11) is 0. The maximum Gasteiger partial charge on any atom is 0.137 e. The van der Waals surface area contributed by atoms with Crippen LogP contribution in [0.15, 0.2) is 18.3 Å². The Morgan fingerprint density at radius 3 is 3.25 bits per heavy atom. The summed E-state index contributed by atoms with van der Waals surface area (Å²) < 4.78 is 2.23. The monoisotopic (exact) mass is 215 g/mol. The van der Waals surface area contributed by atoms with Gasteiger partial charge in [0.15, 0.2) is 0 Å². The topological polar surface area (TPSA) is 43.3 Å². The molecule has 2 aromatic rings. The van der Waals surface area contributed by atoms with Gasteiger partial charge in [-0.25, -0.2) is 4.98 Å². The van der Waals surface area contributed by atoms with Crippen LogP contribution < -0.4 is 5.73 Å². The van der Waals surface area contributed by atoms with Crippen molar-refractivity contribution in [1.29, 1.82) is 0 Å². The molecule has 1 aliphatic rings. The van der Waals surface area contributed by atoms with Crippen LogP contribution in [0.5, 0.6) is 0 Å². The Morgan fingerprint density at radius 1 is 1.56 bits per heavy atom. The van der Waals surface area contributed by atoms with Crippen LogP contribution in [-0.4, -0.2) is 9.38 Å². The Morgan fingerprint density at radius 2 is 2.44 bits per heavy atom. The maximum absolute atomic E-state index is 5.65. The van der Waals surface area contributed by atoms with Gasteiger partial charge in [-0.2, -0.15) is 0 Å². The normalized spacial score (nSPS) is 20.0. The molecule has 0 spiro atoms. The highest BCUT2D eigenvalue weighted by Crippen LogP contribution is 2.26. The predicted molar refractivity (Wildman–Crippen MR) is 64.3 cm³/mol. The first-order valence-corrected chi connectivity index (χ1v) is 5.96. The standard InChI is InChI=1S/C13H17N3/c1-9-2-3-11-12(6-9)16-5-4-10(8-14)7-13(16)15-11/h4-5,7,9H,2-3,6,8,14H2,1H3. The fourth-order valence-electron chi connectivity index (χ4n) is 2.54. The molecule has 0 aromatic carbocycles. The van der Waals surface area contributed by atoms with Crippen molar-refractivity contribution in [1.82, 2.24) is 9.38 Å². The second kappa shape index (κ2) is 3.59. The Bertz CT molecular complexity index is 527. The zero-order valence-electron chi connectivity index (χ0n) is 9.61. The average molecular weight is 215 g/mol. The fourth-order valence-corrected chi connectivity index (χ4v) is 2.54. The number of aromatic nitrogens is 2. The van der Waals surface area contributed by atoms with Gasteiger partial charge in [0.25, 0.3) is 0 Å². The summed E-state index contributed by atoms with van der Waals surface area (Å²) >= 11 is 0. The van der Waals surface area contributed by atoms with Crippen LogP contribution in [0.4, 0.5) is 0 Å². The van der Waals surface area contributed by atoms with Gasteiger partial charge in [0.05, 0.1) is 5.69 Å². The second-order valence-electron chi connectivity index (χ2n) is 4.82. The lowest BCUT2D eigenvalue weighted by Crippen LogP contribution is -2.12. The third-order valence-corrected chi connectivity index (χ3v) is 3.52. The molecule has 2 N–H and O–H groups in total.